The van der Waals surface area contributed by atoms with E-state index in [1.165, 1.54) is 6.33 Å². The number of fused-ring (bicyclic) bond motifs is 2. The van der Waals surface area contributed by atoms with Gasteiger partial charge in [-0.2, -0.15) is 0 Å². The van der Waals surface area contributed by atoms with Crippen molar-refractivity contribution in [2.24, 2.45) is 0 Å². The van der Waals surface area contributed by atoms with Gasteiger partial charge in [-0.3, -0.25) is 4.79 Å². The molecule has 0 fully saturated rings. The van der Waals surface area contributed by atoms with Crippen molar-refractivity contribution < 1.29 is 19.0 Å². The molecular formula is C20H18BrN3O4. The summed E-state index contributed by atoms with van der Waals surface area (Å²) in [5, 5.41) is 3.66. The molecule has 1 aromatic heterocycles. The SMILES string of the molecule is COCCOc1cc2ncnc(C3C(=O)Nc4ccc(Br)cc43)c2cc1OC. The number of methoxy groups -OCH3 is 2. The van der Waals surface area contributed by atoms with Crippen LogP contribution in [0.15, 0.2) is 41.1 Å². The summed E-state index contributed by atoms with van der Waals surface area (Å²) in [7, 11) is 3.19. The number of amides is 1. The van der Waals surface area contributed by atoms with Gasteiger partial charge >= 0.3 is 0 Å². The van der Waals surface area contributed by atoms with Crippen molar-refractivity contribution in [2.45, 2.75) is 5.92 Å². The summed E-state index contributed by atoms with van der Waals surface area (Å²) in [6.45, 7) is 0.854. The highest BCUT2D eigenvalue weighted by Crippen LogP contribution is 2.41. The Bertz CT molecular complexity index is 1060. The molecule has 28 heavy (non-hydrogen) atoms. The molecule has 1 aliphatic heterocycles. The van der Waals surface area contributed by atoms with Crippen molar-refractivity contribution in [2.75, 3.05) is 32.8 Å². The average Bonchev–Trinajstić information content (AvgIpc) is 3.02. The Morgan fingerprint density at radius 3 is 2.75 bits per heavy atom. The highest BCUT2D eigenvalue weighted by atomic mass is 79.9. The summed E-state index contributed by atoms with van der Waals surface area (Å²) < 4.78 is 17.2. The number of anilines is 1. The normalized spacial score (nSPS) is 15.4. The number of carbonyl (C=O) groups excluding carboxylic acids is 1. The molecular weight excluding hydrogens is 426 g/mol. The first-order chi connectivity index (χ1) is 13.6. The maximum atomic E-state index is 12.7. The van der Waals surface area contributed by atoms with Crippen molar-refractivity contribution >= 4 is 38.4 Å². The number of carbonyl (C=O) groups is 1. The maximum absolute atomic E-state index is 12.7. The molecule has 1 unspecified atom stereocenters. The van der Waals surface area contributed by atoms with Crippen LogP contribution in [0.4, 0.5) is 5.69 Å². The van der Waals surface area contributed by atoms with Crippen LogP contribution in [0.25, 0.3) is 10.9 Å². The van der Waals surface area contributed by atoms with Crippen LogP contribution in [0.3, 0.4) is 0 Å². The minimum atomic E-state index is -0.525. The molecule has 0 saturated carbocycles. The summed E-state index contributed by atoms with van der Waals surface area (Å²) in [5.41, 5.74) is 2.96. The second-order valence-electron chi connectivity index (χ2n) is 6.27. The first-order valence-corrected chi connectivity index (χ1v) is 9.46. The largest absolute Gasteiger partial charge is 0.493 e. The number of rotatable bonds is 6. The molecule has 8 heteroatoms. The van der Waals surface area contributed by atoms with E-state index >= 15 is 0 Å². The zero-order valence-corrected chi connectivity index (χ0v) is 16.9. The van der Waals surface area contributed by atoms with Crippen LogP contribution in [-0.2, 0) is 9.53 Å². The molecule has 144 valence electrons. The van der Waals surface area contributed by atoms with Gasteiger partial charge in [-0.1, -0.05) is 15.9 Å². The third kappa shape index (κ3) is 3.29. The lowest BCUT2D eigenvalue weighted by Gasteiger charge is -2.15. The number of halogens is 1. The fourth-order valence-electron chi connectivity index (χ4n) is 3.33. The van der Waals surface area contributed by atoms with Gasteiger partial charge < -0.3 is 19.5 Å². The van der Waals surface area contributed by atoms with Crippen LogP contribution in [-0.4, -0.2) is 43.3 Å². The van der Waals surface area contributed by atoms with Crippen molar-refractivity contribution in [3.63, 3.8) is 0 Å². The Labute approximate surface area is 170 Å². The molecule has 1 aliphatic rings. The first kappa shape index (κ1) is 18.6. The smallest absolute Gasteiger partial charge is 0.238 e. The summed E-state index contributed by atoms with van der Waals surface area (Å²) >= 11 is 3.48. The van der Waals surface area contributed by atoms with Gasteiger partial charge in [-0.25, -0.2) is 9.97 Å². The summed E-state index contributed by atoms with van der Waals surface area (Å²) in [5.74, 6) is 0.471. The summed E-state index contributed by atoms with van der Waals surface area (Å²) in [6.07, 6.45) is 1.46. The maximum Gasteiger partial charge on any atom is 0.238 e. The molecule has 4 rings (SSSR count). The quantitative estimate of drug-likeness (QED) is 0.586. The molecule has 0 aliphatic carbocycles. The van der Waals surface area contributed by atoms with Crippen LogP contribution >= 0.6 is 15.9 Å². The van der Waals surface area contributed by atoms with Gasteiger partial charge in [-0.05, 0) is 29.8 Å². The predicted molar refractivity (Wildman–Crippen MR) is 108 cm³/mol. The Balaban J connectivity index is 1.83. The van der Waals surface area contributed by atoms with Crippen molar-refractivity contribution in [1.29, 1.82) is 0 Å². The Morgan fingerprint density at radius 1 is 1.11 bits per heavy atom. The molecule has 1 N–H and O–H groups in total. The van der Waals surface area contributed by atoms with Gasteiger partial charge in [0.1, 0.15) is 18.9 Å². The molecule has 2 heterocycles. The number of hydrogen-bond acceptors (Lipinski definition) is 6. The molecule has 0 saturated heterocycles. The number of nitrogens with zero attached hydrogens (tertiary/aromatic N) is 2. The first-order valence-electron chi connectivity index (χ1n) is 8.67. The van der Waals surface area contributed by atoms with E-state index in [1.807, 2.05) is 24.3 Å². The lowest BCUT2D eigenvalue weighted by Crippen LogP contribution is -2.15. The minimum Gasteiger partial charge on any atom is -0.493 e. The number of ether oxygens (including phenoxy) is 3. The third-order valence-corrected chi connectivity index (χ3v) is 5.11. The Kier molecular flexibility index (Phi) is 5.15. The van der Waals surface area contributed by atoms with E-state index in [0.29, 0.717) is 35.9 Å². The zero-order chi connectivity index (χ0) is 19.7. The molecule has 3 aromatic rings. The minimum absolute atomic E-state index is 0.118. The standard InChI is InChI=1S/C20H18BrN3O4/c1-26-5-6-28-17-9-15-13(8-16(17)27-2)19(23-10-22-15)18-12-7-11(21)3-4-14(12)24-20(18)25/h3-4,7-10,18H,5-6H2,1-2H3,(H,24,25). The number of nitrogens with one attached hydrogen (secondary N) is 1. The van der Waals surface area contributed by atoms with Gasteiger partial charge in [-0.15, -0.1) is 0 Å². The fraction of sp³-hybridized carbons (Fsp3) is 0.250. The van der Waals surface area contributed by atoms with Crippen LogP contribution in [0.1, 0.15) is 17.2 Å². The molecule has 1 atom stereocenters. The molecule has 0 spiro atoms. The van der Waals surface area contributed by atoms with Gasteiger partial charge in [0, 0.05) is 28.7 Å². The Morgan fingerprint density at radius 2 is 1.96 bits per heavy atom. The lowest BCUT2D eigenvalue weighted by molar-refractivity contribution is -0.116. The van der Waals surface area contributed by atoms with Crippen LogP contribution in [0, 0.1) is 0 Å². The van der Waals surface area contributed by atoms with E-state index < -0.39 is 5.92 Å². The second kappa shape index (κ2) is 7.73. The van der Waals surface area contributed by atoms with Crippen LogP contribution in [0.5, 0.6) is 11.5 Å². The molecule has 1 amide bonds. The zero-order valence-electron chi connectivity index (χ0n) is 15.4. The number of benzene rings is 2. The topological polar surface area (TPSA) is 82.6 Å². The van der Waals surface area contributed by atoms with Crippen LogP contribution < -0.4 is 14.8 Å². The highest BCUT2D eigenvalue weighted by Gasteiger charge is 2.34. The monoisotopic (exact) mass is 443 g/mol. The van der Waals surface area contributed by atoms with E-state index in [2.05, 4.69) is 31.2 Å². The van der Waals surface area contributed by atoms with E-state index in [1.54, 1.807) is 20.3 Å². The van der Waals surface area contributed by atoms with Crippen molar-refractivity contribution in [1.82, 2.24) is 9.97 Å². The molecule has 2 aromatic carbocycles. The average molecular weight is 444 g/mol. The van der Waals surface area contributed by atoms with E-state index in [0.717, 1.165) is 21.1 Å². The van der Waals surface area contributed by atoms with Gasteiger partial charge in [0.2, 0.25) is 5.91 Å². The fourth-order valence-corrected chi connectivity index (χ4v) is 3.70. The summed E-state index contributed by atoms with van der Waals surface area (Å²) in [4.78, 5) is 21.5. The summed E-state index contributed by atoms with van der Waals surface area (Å²) in [6, 6.07) is 9.32. The second-order valence-corrected chi connectivity index (χ2v) is 7.19. The Hall–Kier alpha value is -2.71. The van der Waals surface area contributed by atoms with Crippen molar-refractivity contribution in [3.8, 4) is 11.5 Å². The van der Waals surface area contributed by atoms with Gasteiger partial charge in [0.25, 0.3) is 0 Å². The van der Waals surface area contributed by atoms with Crippen molar-refractivity contribution in [3.05, 3.63) is 52.4 Å². The van der Waals surface area contributed by atoms with E-state index in [-0.39, 0.29) is 5.91 Å². The highest BCUT2D eigenvalue weighted by molar-refractivity contribution is 9.10. The predicted octanol–water partition coefficient (Wildman–Crippen LogP) is 3.51. The number of aromatic nitrogens is 2. The molecule has 7 nitrogen and oxygen atoms in total. The van der Waals surface area contributed by atoms with Crippen LogP contribution in [0.2, 0.25) is 0 Å². The third-order valence-electron chi connectivity index (χ3n) is 4.61. The van der Waals surface area contributed by atoms with E-state index in [9.17, 15) is 4.79 Å². The van der Waals surface area contributed by atoms with E-state index in [4.69, 9.17) is 14.2 Å². The molecule has 0 bridgehead atoms. The van der Waals surface area contributed by atoms with Gasteiger partial charge in [0.05, 0.1) is 24.9 Å². The number of hydrogen-bond donors (Lipinski definition) is 1. The molecule has 0 radical (unpaired) electrons. The lowest BCUT2D eigenvalue weighted by atomic mass is 9.94. The van der Waals surface area contributed by atoms with Gasteiger partial charge in [0.15, 0.2) is 11.5 Å².